The molecule has 0 aliphatic rings. The summed E-state index contributed by atoms with van der Waals surface area (Å²) < 4.78 is 0. The van der Waals surface area contributed by atoms with Crippen molar-refractivity contribution in [2.24, 2.45) is 5.92 Å². The van der Waals surface area contributed by atoms with Crippen LogP contribution in [0.4, 0.5) is 5.82 Å². The standard InChI is InChI=1S/C20H28N4O/c1-6-24(7-2)17-11-10-16(13-22-17)20(25)23-18(14(3)4)19-15(5)9-8-12-21-19/h8-14,18H,6-7H2,1-5H3,(H,23,25). The Kier molecular flexibility index (Phi) is 6.51. The first-order valence-corrected chi connectivity index (χ1v) is 8.91. The third kappa shape index (κ3) is 4.56. The fraction of sp³-hybridized carbons (Fsp3) is 0.450. The Labute approximate surface area is 150 Å². The van der Waals surface area contributed by atoms with Gasteiger partial charge in [0.2, 0.25) is 0 Å². The number of aryl methyl sites for hydroxylation is 1. The molecule has 0 fully saturated rings. The third-order valence-electron chi connectivity index (χ3n) is 4.40. The Morgan fingerprint density at radius 2 is 1.88 bits per heavy atom. The maximum Gasteiger partial charge on any atom is 0.253 e. The van der Waals surface area contributed by atoms with Crippen molar-refractivity contribution in [3.05, 3.63) is 53.5 Å². The number of carbonyl (C=O) groups excluding carboxylic acids is 1. The van der Waals surface area contributed by atoms with Crippen LogP contribution in [0.2, 0.25) is 0 Å². The van der Waals surface area contributed by atoms with E-state index in [1.165, 1.54) is 0 Å². The zero-order valence-electron chi connectivity index (χ0n) is 15.8. The minimum absolute atomic E-state index is 0.123. The van der Waals surface area contributed by atoms with Crippen molar-refractivity contribution in [1.29, 1.82) is 0 Å². The Morgan fingerprint density at radius 3 is 2.40 bits per heavy atom. The quantitative estimate of drug-likeness (QED) is 0.834. The number of nitrogens with zero attached hydrogens (tertiary/aromatic N) is 3. The summed E-state index contributed by atoms with van der Waals surface area (Å²) >= 11 is 0. The highest BCUT2D eigenvalue weighted by molar-refractivity contribution is 5.94. The molecule has 1 amide bonds. The van der Waals surface area contributed by atoms with Crippen molar-refractivity contribution in [3.8, 4) is 0 Å². The molecule has 0 aliphatic heterocycles. The third-order valence-corrected chi connectivity index (χ3v) is 4.40. The van der Waals surface area contributed by atoms with Crippen molar-refractivity contribution in [1.82, 2.24) is 15.3 Å². The average Bonchev–Trinajstić information content (AvgIpc) is 2.61. The molecule has 2 heterocycles. The molecule has 2 aromatic heterocycles. The molecule has 0 radical (unpaired) electrons. The van der Waals surface area contributed by atoms with Crippen LogP contribution in [-0.4, -0.2) is 29.0 Å². The monoisotopic (exact) mass is 340 g/mol. The van der Waals surface area contributed by atoms with E-state index in [2.05, 4.69) is 47.9 Å². The molecule has 0 spiro atoms. The second kappa shape index (κ2) is 8.60. The summed E-state index contributed by atoms with van der Waals surface area (Å²) in [6, 6.07) is 7.53. The van der Waals surface area contributed by atoms with E-state index in [1.807, 2.05) is 31.2 Å². The molecule has 0 aromatic carbocycles. The number of pyridine rings is 2. The molecule has 5 nitrogen and oxygen atoms in total. The molecule has 5 heteroatoms. The summed E-state index contributed by atoms with van der Waals surface area (Å²) in [5.41, 5.74) is 2.56. The SMILES string of the molecule is CCN(CC)c1ccc(C(=O)NC(c2ncccc2C)C(C)C)cn1. The van der Waals surface area contributed by atoms with Gasteiger partial charge in [0.25, 0.3) is 5.91 Å². The van der Waals surface area contributed by atoms with Gasteiger partial charge in [-0.1, -0.05) is 19.9 Å². The van der Waals surface area contributed by atoms with E-state index in [0.29, 0.717) is 5.56 Å². The lowest BCUT2D eigenvalue weighted by Crippen LogP contribution is -2.33. The van der Waals surface area contributed by atoms with Gasteiger partial charge in [0, 0.05) is 25.5 Å². The van der Waals surface area contributed by atoms with Crippen LogP contribution in [0, 0.1) is 12.8 Å². The molecule has 0 aliphatic carbocycles. The number of nitrogens with one attached hydrogen (secondary N) is 1. The van der Waals surface area contributed by atoms with Gasteiger partial charge in [-0.2, -0.15) is 0 Å². The number of carbonyl (C=O) groups is 1. The second-order valence-corrected chi connectivity index (χ2v) is 6.48. The number of rotatable bonds is 7. The van der Waals surface area contributed by atoms with E-state index in [0.717, 1.165) is 30.2 Å². The summed E-state index contributed by atoms with van der Waals surface area (Å²) in [4.78, 5) is 23.7. The van der Waals surface area contributed by atoms with Gasteiger partial charge in [0.05, 0.1) is 17.3 Å². The molecule has 0 saturated carbocycles. The zero-order chi connectivity index (χ0) is 18.4. The van der Waals surface area contributed by atoms with Gasteiger partial charge < -0.3 is 10.2 Å². The van der Waals surface area contributed by atoms with E-state index in [-0.39, 0.29) is 17.9 Å². The predicted molar refractivity (Wildman–Crippen MR) is 102 cm³/mol. The second-order valence-electron chi connectivity index (χ2n) is 6.48. The lowest BCUT2D eigenvalue weighted by atomic mass is 9.97. The van der Waals surface area contributed by atoms with E-state index >= 15 is 0 Å². The Balaban J connectivity index is 2.18. The van der Waals surface area contributed by atoms with Crippen LogP contribution in [0.15, 0.2) is 36.7 Å². The van der Waals surface area contributed by atoms with Crippen molar-refractivity contribution in [2.45, 2.75) is 40.7 Å². The Bertz CT molecular complexity index is 693. The van der Waals surface area contributed by atoms with Crippen LogP contribution >= 0.6 is 0 Å². The average molecular weight is 340 g/mol. The van der Waals surface area contributed by atoms with Gasteiger partial charge in [0.1, 0.15) is 5.82 Å². The number of hydrogen-bond donors (Lipinski definition) is 1. The lowest BCUT2D eigenvalue weighted by Gasteiger charge is -2.24. The number of aromatic nitrogens is 2. The minimum Gasteiger partial charge on any atom is -0.357 e. The normalized spacial score (nSPS) is 12.1. The fourth-order valence-corrected chi connectivity index (χ4v) is 2.85. The zero-order valence-corrected chi connectivity index (χ0v) is 15.8. The summed E-state index contributed by atoms with van der Waals surface area (Å²) in [6.07, 6.45) is 3.41. The maximum atomic E-state index is 12.7. The van der Waals surface area contributed by atoms with Crippen LogP contribution in [0.25, 0.3) is 0 Å². The summed E-state index contributed by atoms with van der Waals surface area (Å²) in [6.45, 7) is 12.2. The maximum absolute atomic E-state index is 12.7. The number of anilines is 1. The highest BCUT2D eigenvalue weighted by Crippen LogP contribution is 2.23. The van der Waals surface area contributed by atoms with Crippen LogP contribution in [-0.2, 0) is 0 Å². The van der Waals surface area contributed by atoms with Gasteiger partial charge in [0.15, 0.2) is 0 Å². The molecule has 1 N–H and O–H groups in total. The van der Waals surface area contributed by atoms with Gasteiger partial charge in [-0.15, -0.1) is 0 Å². The van der Waals surface area contributed by atoms with Crippen molar-refractivity contribution in [3.63, 3.8) is 0 Å². The van der Waals surface area contributed by atoms with Gasteiger partial charge in [-0.25, -0.2) is 4.98 Å². The Morgan fingerprint density at radius 1 is 1.16 bits per heavy atom. The molecule has 2 aromatic rings. The van der Waals surface area contributed by atoms with Crippen LogP contribution in [0.1, 0.15) is 55.4 Å². The molecule has 1 unspecified atom stereocenters. The molecule has 134 valence electrons. The highest BCUT2D eigenvalue weighted by atomic mass is 16.1. The van der Waals surface area contributed by atoms with Crippen molar-refractivity contribution >= 4 is 11.7 Å². The first kappa shape index (κ1) is 18.9. The highest BCUT2D eigenvalue weighted by Gasteiger charge is 2.22. The minimum atomic E-state index is -0.129. The molecule has 25 heavy (non-hydrogen) atoms. The van der Waals surface area contributed by atoms with Crippen LogP contribution < -0.4 is 10.2 Å². The van der Waals surface area contributed by atoms with Gasteiger partial charge in [-0.3, -0.25) is 9.78 Å². The van der Waals surface area contributed by atoms with E-state index in [9.17, 15) is 4.79 Å². The fourth-order valence-electron chi connectivity index (χ4n) is 2.85. The molecular weight excluding hydrogens is 312 g/mol. The van der Waals surface area contributed by atoms with Gasteiger partial charge in [-0.05, 0) is 50.5 Å². The summed E-state index contributed by atoms with van der Waals surface area (Å²) in [5, 5.41) is 3.11. The summed E-state index contributed by atoms with van der Waals surface area (Å²) in [5.74, 6) is 1.00. The largest absolute Gasteiger partial charge is 0.357 e. The molecular formula is C20H28N4O. The molecule has 2 rings (SSSR count). The van der Waals surface area contributed by atoms with E-state index in [4.69, 9.17) is 0 Å². The molecule has 1 atom stereocenters. The number of amides is 1. The Hall–Kier alpha value is -2.43. The van der Waals surface area contributed by atoms with E-state index < -0.39 is 0 Å². The van der Waals surface area contributed by atoms with Crippen molar-refractivity contribution < 1.29 is 4.79 Å². The smallest absolute Gasteiger partial charge is 0.253 e. The first-order chi connectivity index (χ1) is 12.0. The lowest BCUT2D eigenvalue weighted by molar-refractivity contribution is 0.0924. The predicted octanol–water partition coefficient (Wildman–Crippen LogP) is 3.76. The number of hydrogen-bond acceptors (Lipinski definition) is 4. The van der Waals surface area contributed by atoms with Gasteiger partial charge >= 0.3 is 0 Å². The summed E-state index contributed by atoms with van der Waals surface area (Å²) in [7, 11) is 0. The van der Waals surface area contributed by atoms with Crippen molar-refractivity contribution in [2.75, 3.05) is 18.0 Å². The van der Waals surface area contributed by atoms with E-state index in [1.54, 1.807) is 12.4 Å². The molecule has 0 bridgehead atoms. The first-order valence-electron chi connectivity index (χ1n) is 8.91. The van der Waals surface area contributed by atoms with Crippen LogP contribution in [0.5, 0.6) is 0 Å². The molecule has 0 saturated heterocycles. The van der Waals surface area contributed by atoms with Crippen LogP contribution in [0.3, 0.4) is 0 Å². The topological polar surface area (TPSA) is 58.1 Å².